The second-order valence-corrected chi connectivity index (χ2v) is 3.02. The Hall–Kier alpha value is -0.280. The molecule has 0 radical (unpaired) electrons. The molecule has 1 aliphatic rings. The summed E-state index contributed by atoms with van der Waals surface area (Å²) in [6.45, 7) is -0.621. The predicted molar refractivity (Wildman–Crippen MR) is 39.1 cm³/mol. The van der Waals surface area contributed by atoms with Crippen molar-refractivity contribution in [3.05, 3.63) is 0 Å². The van der Waals surface area contributed by atoms with Crippen LogP contribution in [0.5, 0.6) is 0 Å². The molecule has 7 N–H and O–H groups in total. The van der Waals surface area contributed by atoms with Crippen LogP contribution in [0.25, 0.3) is 0 Å². The first kappa shape index (κ1) is 10.8. The molecule has 5 atom stereocenters. The van der Waals surface area contributed by atoms with Crippen molar-refractivity contribution in [3.63, 3.8) is 0 Å². The van der Waals surface area contributed by atoms with Gasteiger partial charge in [0.05, 0.1) is 6.61 Å². The molecule has 0 saturated carbocycles. The van der Waals surface area contributed by atoms with Gasteiger partial charge in [0, 0.05) is 0 Å². The van der Waals surface area contributed by atoms with Crippen molar-refractivity contribution in [2.75, 3.05) is 6.61 Å². The van der Waals surface area contributed by atoms with Gasteiger partial charge in [-0.15, -0.1) is 0 Å². The fourth-order valence-electron chi connectivity index (χ4n) is 1.18. The lowest BCUT2D eigenvalue weighted by atomic mass is 9.97. The van der Waals surface area contributed by atoms with E-state index in [1.165, 1.54) is 0 Å². The quantitative estimate of drug-likeness (QED) is 0.235. The van der Waals surface area contributed by atoms with Crippen LogP contribution in [0.2, 0.25) is 0 Å². The van der Waals surface area contributed by atoms with Crippen LogP contribution in [0.3, 0.4) is 0 Å². The van der Waals surface area contributed by atoms with Gasteiger partial charge < -0.3 is 30.3 Å². The van der Waals surface area contributed by atoms with Gasteiger partial charge in [0.2, 0.25) is 0 Å². The van der Waals surface area contributed by atoms with Gasteiger partial charge in [-0.1, -0.05) is 0 Å². The van der Waals surface area contributed by atoms with Gasteiger partial charge in [-0.05, 0) is 0 Å². The standard InChI is InChI=1S/C6H13NO6/c7-6(12)5(11)4(10)3(9)2(1-8)13-6/h2-5,8-12H,1,7H2/t2-,3+,4-,5-,6?/m1/s1. The summed E-state index contributed by atoms with van der Waals surface area (Å²) in [4.78, 5) is 0. The monoisotopic (exact) mass is 195 g/mol. The van der Waals surface area contributed by atoms with Gasteiger partial charge >= 0.3 is 0 Å². The molecule has 0 amide bonds. The molecular weight excluding hydrogens is 182 g/mol. The first-order valence-electron chi connectivity index (χ1n) is 3.74. The topological polar surface area (TPSA) is 136 Å². The molecule has 13 heavy (non-hydrogen) atoms. The number of aliphatic hydroxyl groups is 5. The van der Waals surface area contributed by atoms with E-state index in [9.17, 15) is 5.11 Å². The molecule has 1 rings (SSSR count). The smallest absolute Gasteiger partial charge is 0.252 e. The summed E-state index contributed by atoms with van der Waals surface area (Å²) in [5, 5.41) is 45.2. The summed E-state index contributed by atoms with van der Waals surface area (Å²) < 4.78 is 4.54. The fourth-order valence-corrected chi connectivity index (χ4v) is 1.18. The molecule has 7 nitrogen and oxygen atoms in total. The Morgan fingerprint density at radius 2 is 1.77 bits per heavy atom. The van der Waals surface area contributed by atoms with Gasteiger partial charge in [-0.3, -0.25) is 5.73 Å². The Labute approximate surface area is 74.0 Å². The normalized spacial score (nSPS) is 52.2. The van der Waals surface area contributed by atoms with Crippen molar-refractivity contribution in [1.29, 1.82) is 0 Å². The zero-order valence-electron chi connectivity index (χ0n) is 6.74. The summed E-state index contributed by atoms with van der Waals surface area (Å²) in [6, 6.07) is 0. The Morgan fingerprint density at radius 3 is 2.23 bits per heavy atom. The lowest BCUT2D eigenvalue weighted by Crippen LogP contribution is -2.69. The summed E-state index contributed by atoms with van der Waals surface area (Å²) in [5.74, 6) is -2.45. The Kier molecular flexibility index (Phi) is 2.88. The van der Waals surface area contributed by atoms with Crippen LogP contribution in [0.15, 0.2) is 0 Å². The van der Waals surface area contributed by atoms with E-state index in [1.807, 2.05) is 0 Å². The molecule has 0 aromatic carbocycles. The molecule has 0 spiro atoms. The van der Waals surface area contributed by atoms with Gasteiger partial charge in [0.15, 0.2) is 6.10 Å². The maximum absolute atomic E-state index is 9.18. The zero-order chi connectivity index (χ0) is 10.2. The van der Waals surface area contributed by atoms with Crippen LogP contribution in [0.1, 0.15) is 0 Å². The third kappa shape index (κ3) is 1.81. The minimum atomic E-state index is -2.45. The van der Waals surface area contributed by atoms with E-state index < -0.39 is 36.9 Å². The highest BCUT2D eigenvalue weighted by atomic mass is 16.7. The highest BCUT2D eigenvalue weighted by Gasteiger charge is 2.50. The molecule has 1 saturated heterocycles. The molecule has 1 unspecified atom stereocenters. The van der Waals surface area contributed by atoms with Crippen molar-refractivity contribution in [2.24, 2.45) is 5.73 Å². The van der Waals surface area contributed by atoms with Crippen LogP contribution in [-0.2, 0) is 4.74 Å². The van der Waals surface area contributed by atoms with E-state index >= 15 is 0 Å². The molecule has 0 aromatic heterocycles. The molecule has 78 valence electrons. The van der Waals surface area contributed by atoms with Crippen molar-refractivity contribution in [3.8, 4) is 0 Å². The Bertz CT molecular complexity index is 184. The summed E-state index contributed by atoms with van der Waals surface area (Å²) >= 11 is 0. The molecule has 0 aromatic rings. The van der Waals surface area contributed by atoms with Crippen molar-refractivity contribution in [2.45, 2.75) is 30.3 Å². The van der Waals surface area contributed by atoms with Gasteiger partial charge in [0.1, 0.15) is 18.3 Å². The highest BCUT2D eigenvalue weighted by Crippen LogP contribution is 2.23. The Morgan fingerprint density at radius 1 is 1.23 bits per heavy atom. The van der Waals surface area contributed by atoms with Crippen LogP contribution in [0, 0.1) is 0 Å². The maximum Gasteiger partial charge on any atom is 0.252 e. The minimum absolute atomic E-state index is 0.621. The summed E-state index contributed by atoms with van der Waals surface area (Å²) in [6.07, 6.45) is -6.16. The molecule has 1 heterocycles. The molecule has 0 bridgehead atoms. The maximum atomic E-state index is 9.18. The van der Waals surface area contributed by atoms with Crippen LogP contribution >= 0.6 is 0 Å². The number of aliphatic hydroxyl groups excluding tert-OH is 4. The SMILES string of the molecule is NC1(O)O[C@H](CO)[C@H](O)[C@@H](O)[C@H]1O. The Balaban J connectivity index is 2.79. The third-order valence-electron chi connectivity index (χ3n) is 2.00. The largest absolute Gasteiger partial charge is 0.394 e. The van der Waals surface area contributed by atoms with Gasteiger partial charge in [-0.2, -0.15) is 0 Å². The number of ether oxygens (including phenoxy) is 1. The van der Waals surface area contributed by atoms with E-state index in [2.05, 4.69) is 4.74 Å². The average Bonchev–Trinajstić information content (AvgIpc) is 2.08. The highest BCUT2D eigenvalue weighted by molar-refractivity contribution is 4.92. The van der Waals surface area contributed by atoms with E-state index in [4.69, 9.17) is 26.2 Å². The van der Waals surface area contributed by atoms with E-state index in [0.29, 0.717) is 0 Å². The summed E-state index contributed by atoms with van der Waals surface area (Å²) in [5.41, 5.74) is 5.04. The van der Waals surface area contributed by atoms with Crippen molar-refractivity contribution >= 4 is 0 Å². The lowest BCUT2D eigenvalue weighted by molar-refractivity contribution is -0.346. The third-order valence-corrected chi connectivity index (χ3v) is 2.00. The van der Waals surface area contributed by atoms with Gasteiger partial charge in [-0.25, -0.2) is 0 Å². The molecule has 0 aliphatic carbocycles. The fraction of sp³-hybridized carbons (Fsp3) is 1.00. The number of hydrogen-bond donors (Lipinski definition) is 6. The molecule has 1 aliphatic heterocycles. The van der Waals surface area contributed by atoms with Crippen LogP contribution in [-0.4, -0.2) is 62.5 Å². The average molecular weight is 195 g/mol. The van der Waals surface area contributed by atoms with Crippen LogP contribution < -0.4 is 5.73 Å². The predicted octanol–water partition coefficient (Wildman–Crippen LogP) is -3.94. The second kappa shape index (κ2) is 3.46. The van der Waals surface area contributed by atoms with Crippen molar-refractivity contribution < 1.29 is 30.3 Å². The van der Waals surface area contributed by atoms with E-state index in [-0.39, 0.29) is 0 Å². The second-order valence-electron chi connectivity index (χ2n) is 3.02. The van der Waals surface area contributed by atoms with E-state index in [0.717, 1.165) is 0 Å². The van der Waals surface area contributed by atoms with E-state index in [1.54, 1.807) is 0 Å². The molecule has 1 fully saturated rings. The zero-order valence-corrected chi connectivity index (χ0v) is 6.74. The minimum Gasteiger partial charge on any atom is -0.394 e. The first-order chi connectivity index (χ1) is 5.90. The first-order valence-corrected chi connectivity index (χ1v) is 3.74. The lowest BCUT2D eigenvalue weighted by Gasteiger charge is -2.42. The number of hydrogen-bond acceptors (Lipinski definition) is 7. The molecular formula is C6H13NO6. The molecule has 7 heteroatoms. The van der Waals surface area contributed by atoms with Gasteiger partial charge in [0.25, 0.3) is 5.91 Å². The summed E-state index contributed by atoms with van der Waals surface area (Å²) in [7, 11) is 0. The number of nitrogens with two attached hydrogens (primary N) is 1. The van der Waals surface area contributed by atoms with Crippen molar-refractivity contribution in [1.82, 2.24) is 0 Å². The number of rotatable bonds is 1. The van der Waals surface area contributed by atoms with Crippen LogP contribution in [0.4, 0.5) is 0 Å².